The molecule has 0 aliphatic carbocycles. The van der Waals surface area contributed by atoms with Gasteiger partial charge in [0, 0.05) is 44.1 Å². The first kappa shape index (κ1) is 33.2. The molecule has 2 N–H and O–H groups in total. The van der Waals surface area contributed by atoms with Gasteiger partial charge in [-0.1, -0.05) is 127 Å². The lowest BCUT2D eigenvalue weighted by molar-refractivity contribution is 0.0416. The Kier molecular flexibility index (Phi) is 7.47. The molecule has 0 spiro atoms. The van der Waals surface area contributed by atoms with Crippen LogP contribution in [0.4, 0.5) is 0 Å². The second-order valence-electron chi connectivity index (χ2n) is 15.5. The number of aromatic nitrogens is 1. The Bertz CT molecular complexity index is 3290. The van der Waals surface area contributed by atoms with E-state index in [4.69, 9.17) is 8.83 Å². The molecule has 0 radical (unpaired) electrons. The van der Waals surface area contributed by atoms with Crippen LogP contribution < -0.4 is 10.6 Å². The molecular formula is C52H38N4O2. The molecule has 3 aromatic heterocycles. The van der Waals surface area contributed by atoms with E-state index in [0.717, 1.165) is 66.3 Å². The number of benzene rings is 8. The molecule has 1 aliphatic heterocycles. The average Bonchev–Trinajstić information content (AvgIpc) is 3.95. The predicted octanol–water partition coefficient (Wildman–Crippen LogP) is 12.8. The first-order chi connectivity index (χ1) is 28.7. The van der Waals surface area contributed by atoms with Crippen molar-refractivity contribution in [2.45, 2.75) is 18.5 Å². The summed E-state index contributed by atoms with van der Waals surface area (Å²) < 4.78 is 15.6. The van der Waals surface area contributed by atoms with E-state index in [-0.39, 0.29) is 18.5 Å². The van der Waals surface area contributed by atoms with Gasteiger partial charge in [0.05, 0.1) is 29.5 Å². The van der Waals surface area contributed by atoms with Gasteiger partial charge in [-0.05, 0) is 83.4 Å². The van der Waals surface area contributed by atoms with Crippen LogP contribution in [0.5, 0.6) is 0 Å². The maximum absolute atomic E-state index is 6.62. The maximum Gasteiger partial charge on any atom is 0.137 e. The number of furan rings is 2. The van der Waals surface area contributed by atoms with E-state index >= 15 is 0 Å². The molecule has 0 saturated carbocycles. The number of nitrogens with one attached hydrogen (secondary N) is 2. The highest BCUT2D eigenvalue weighted by Gasteiger charge is 2.35. The number of para-hydroxylation sites is 2. The Morgan fingerprint density at radius 3 is 1.83 bits per heavy atom. The summed E-state index contributed by atoms with van der Waals surface area (Å²) in [7, 11) is 2.17. The van der Waals surface area contributed by atoms with Gasteiger partial charge in [0.2, 0.25) is 0 Å². The van der Waals surface area contributed by atoms with Gasteiger partial charge in [0.15, 0.2) is 0 Å². The lowest BCUT2D eigenvalue weighted by Crippen LogP contribution is -2.54. The molecule has 6 nitrogen and oxygen atoms in total. The molecule has 3 atom stereocenters. The molecule has 8 aromatic carbocycles. The van der Waals surface area contributed by atoms with Gasteiger partial charge < -0.3 is 13.4 Å². The monoisotopic (exact) mass is 750 g/mol. The molecule has 1 fully saturated rings. The highest BCUT2D eigenvalue weighted by Crippen LogP contribution is 2.42. The molecule has 12 rings (SSSR count). The number of rotatable bonds is 5. The second-order valence-corrected chi connectivity index (χ2v) is 15.5. The van der Waals surface area contributed by atoms with E-state index in [1.54, 1.807) is 0 Å². The van der Waals surface area contributed by atoms with Gasteiger partial charge in [-0.15, -0.1) is 0 Å². The first-order valence-electron chi connectivity index (χ1n) is 19.9. The van der Waals surface area contributed by atoms with Crippen LogP contribution >= 0.6 is 0 Å². The van der Waals surface area contributed by atoms with Crippen LogP contribution in [-0.2, 0) is 0 Å². The van der Waals surface area contributed by atoms with Crippen molar-refractivity contribution >= 4 is 65.7 Å². The van der Waals surface area contributed by atoms with Gasteiger partial charge in [0.1, 0.15) is 22.3 Å². The summed E-state index contributed by atoms with van der Waals surface area (Å²) in [6.07, 6.45) is -0.0932. The fourth-order valence-corrected chi connectivity index (χ4v) is 9.41. The Balaban J connectivity index is 0.931. The van der Waals surface area contributed by atoms with Crippen LogP contribution in [-0.4, -0.2) is 16.5 Å². The smallest absolute Gasteiger partial charge is 0.137 e. The number of hydrogen-bond acceptors (Lipinski definition) is 5. The van der Waals surface area contributed by atoms with Crippen LogP contribution in [0.25, 0.3) is 82.5 Å². The van der Waals surface area contributed by atoms with Crippen molar-refractivity contribution in [3.8, 4) is 16.8 Å². The molecule has 0 amide bonds. The molecule has 0 bridgehead atoms. The molecule has 3 unspecified atom stereocenters. The highest BCUT2D eigenvalue weighted by molar-refractivity contribution is 6.15. The minimum atomic E-state index is -0.0627. The van der Waals surface area contributed by atoms with Crippen molar-refractivity contribution in [3.63, 3.8) is 0 Å². The van der Waals surface area contributed by atoms with Crippen LogP contribution in [0.15, 0.2) is 191 Å². The van der Waals surface area contributed by atoms with Gasteiger partial charge >= 0.3 is 0 Å². The molecular weight excluding hydrogens is 713 g/mol. The van der Waals surface area contributed by atoms with Crippen LogP contribution in [0.1, 0.15) is 35.2 Å². The summed E-state index contributed by atoms with van der Waals surface area (Å²) in [6.45, 7) is 0. The molecule has 278 valence electrons. The van der Waals surface area contributed by atoms with E-state index in [1.807, 2.05) is 0 Å². The zero-order valence-electron chi connectivity index (χ0n) is 31.8. The largest absolute Gasteiger partial charge is 0.456 e. The third-order valence-electron chi connectivity index (χ3n) is 12.2. The number of nitrogens with zero attached hydrogens (tertiary/aromatic N) is 2. The molecule has 58 heavy (non-hydrogen) atoms. The zero-order valence-corrected chi connectivity index (χ0v) is 31.8. The summed E-state index contributed by atoms with van der Waals surface area (Å²) in [5.74, 6) is 0. The van der Waals surface area contributed by atoms with Gasteiger partial charge in [-0.2, -0.15) is 0 Å². The third kappa shape index (κ3) is 5.16. The summed E-state index contributed by atoms with van der Waals surface area (Å²) in [4.78, 5) is 2.36. The Labute approximate surface area is 334 Å². The second kappa shape index (κ2) is 13.0. The standard InChI is InChI=1S/C52H38N4O2/c1-55-51(33-15-6-3-7-16-33)53-50(32-13-4-2-5-14-32)54-52(55)35-23-26-40-42-29-34(24-28-45(42)57-47(40)30-35)37-19-12-22-46-49(37)41-27-25-36(31-48(41)58-46)56-43-20-10-8-17-38(43)39-18-9-11-21-44(39)56/h2-31,50-54H,1H3. The van der Waals surface area contributed by atoms with Gasteiger partial charge in [-0.3, -0.25) is 15.5 Å². The topological polar surface area (TPSA) is 58.5 Å². The first-order valence-corrected chi connectivity index (χ1v) is 19.9. The summed E-state index contributed by atoms with van der Waals surface area (Å²) >= 11 is 0. The van der Waals surface area contributed by atoms with Crippen molar-refractivity contribution in [1.29, 1.82) is 0 Å². The van der Waals surface area contributed by atoms with E-state index in [2.05, 4.69) is 209 Å². The van der Waals surface area contributed by atoms with Crippen molar-refractivity contribution in [3.05, 3.63) is 199 Å². The van der Waals surface area contributed by atoms with Crippen LogP contribution in [0, 0.1) is 0 Å². The summed E-state index contributed by atoms with van der Waals surface area (Å²) in [6, 6.07) is 64.7. The lowest BCUT2D eigenvalue weighted by Gasteiger charge is -2.45. The predicted molar refractivity (Wildman–Crippen MR) is 236 cm³/mol. The SMILES string of the molecule is CN1C(c2ccccc2)NC(c2ccccc2)NC1c1ccc2c(c1)oc1ccc(-c3cccc4oc5cc(-n6c7ccccc7c7ccccc76)ccc5c34)cc12. The van der Waals surface area contributed by atoms with Crippen molar-refractivity contribution < 1.29 is 8.83 Å². The molecule has 11 aromatic rings. The highest BCUT2D eigenvalue weighted by atomic mass is 16.3. The summed E-state index contributed by atoms with van der Waals surface area (Å²) in [5.41, 5.74) is 12.7. The Morgan fingerprint density at radius 1 is 0.431 bits per heavy atom. The molecule has 4 heterocycles. The normalized spacial score (nSPS) is 17.7. The Morgan fingerprint density at radius 2 is 1.07 bits per heavy atom. The quantitative estimate of drug-likeness (QED) is 0.183. The minimum Gasteiger partial charge on any atom is -0.456 e. The molecule has 1 saturated heterocycles. The van der Waals surface area contributed by atoms with Crippen LogP contribution in [0.2, 0.25) is 0 Å². The van der Waals surface area contributed by atoms with E-state index in [1.165, 1.54) is 32.9 Å². The van der Waals surface area contributed by atoms with Gasteiger partial charge in [0.25, 0.3) is 0 Å². The van der Waals surface area contributed by atoms with E-state index < -0.39 is 0 Å². The van der Waals surface area contributed by atoms with E-state index in [0.29, 0.717) is 0 Å². The van der Waals surface area contributed by atoms with Crippen molar-refractivity contribution in [1.82, 2.24) is 20.1 Å². The summed E-state index contributed by atoms with van der Waals surface area (Å²) in [5, 5.41) is 14.6. The number of fused-ring (bicyclic) bond motifs is 9. The van der Waals surface area contributed by atoms with Crippen LogP contribution in [0.3, 0.4) is 0 Å². The zero-order chi connectivity index (χ0) is 38.3. The van der Waals surface area contributed by atoms with Crippen molar-refractivity contribution in [2.24, 2.45) is 0 Å². The number of hydrogen-bond donors (Lipinski definition) is 2. The molecule has 1 aliphatic rings. The van der Waals surface area contributed by atoms with E-state index in [9.17, 15) is 0 Å². The third-order valence-corrected chi connectivity index (χ3v) is 12.2. The minimum absolute atomic E-state index is 0.00791. The average molecular weight is 751 g/mol. The lowest BCUT2D eigenvalue weighted by atomic mass is 9.97. The fraction of sp³-hybridized carbons (Fsp3) is 0.0769. The molecule has 6 heteroatoms. The van der Waals surface area contributed by atoms with Gasteiger partial charge in [-0.25, -0.2) is 0 Å². The van der Waals surface area contributed by atoms with Crippen molar-refractivity contribution in [2.75, 3.05) is 7.05 Å². The maximum atomic E-state index is 6.62. The Hall–Kier alpha value is -6.96. The fourth-order valence-electron chi connectivity index (χ4n) is 9.41.